The lowest BCUT2D eigenvalue weighted by atomic mass is 10.2. The van der Waals surface area contributed by atoms with Crippen LogP contribution in [-0.4, -0.2) is 23.5 Å². The Labute approximate surface area is 136 Å². The fourth-order valence-electron chi connectivity index (χ4n) is 2.14. The van der Waals surface area contributed by atoms with Gasteiger partial charge in [0.05, 0.1) is 15.7 Å². The second kappa shape index (κ2) is 8.49. The van der Waals surface area contributed by atoms with Crippen LogP contribution in [0, 0.1) is 0 Å². The van der Waals surface area contributed by atoms with E-state index in [0.717, 1.165) is 48.3 Å². The first-order chi connectivity index (χ1) is 10.2. The highest BCUT2D eigenvalue weighted by atomic mass is 35.5. The summed E-state index contributed by atoms with van der Waals surface area (Å²) in [6, 6.07) is 10.3. The van der Waals surface area contributed by atoms with Gasteiger partial charge in [0.25, 0.3) is 0 Å². The fraction of sp³-hybridized carbons (Fsp3) is 0.438. The smallest absolute Gasteiger partial charge is 0.0931 e. The Bertz CT molecular complexity index is 556. The maximum atomic E-state index is 5.97. The standard InChI is InChI=1S/C16H22ClN3S/c1-3-9-18-10-13-5-4-6-14(19-13)11-20(2)12-15-7-8-16(17)21-15/h4-8,18H,3,9-12H2,1-2H3. The van der Waals surface area contributed by atoms with Crippen LogP contribution in [0.1, 0.15) is 29.6 Å². The van der Waals surface area contributed by atoms with E-state index in [-0.39, 0.29) is 0 Å². The van der Waals surface area contributed by atoms with Crippen molar-refractivity contribution in [2.24, 2.45) is 0 Å². The van der Waals surface area contributed by atoms with Gasteiger partial charge in [-0.1, -0.05) is 24.6 Å². The van der Waals surface area contributed by atoms with Gasteiger partial charge in [0.2, 0.25) is 0 Å². The van der Waals surface area contributed by atoms with Crippen LogP contribution in [0.2, 0.25) is 4.34 Å². The summed E-state index contributed by atoms with van der Waals surface area (Å²) in [6.45, 7) is 5.79. The molecule has 0 aromatic carbocycles. The maximum absolute atomic E-state index is 5.97. The highest BCUT2D eigenvalue weighted by Crippen LogP contribution is 2.22. The zero-order valence-electron chi connectivity index (χ0n) is 12.6. The minimum absolute atomic E-state index is 0.839. The summed E-state index contributed by atoms with van der Waals surface area (Å²) >= 11 is 7.60. The average molecular weight is 324 g/mol. The monoisotopic (exact) mass is 323 g/mol. The van der Waals surface area contributed by atoms with E-state index >= 15 is 0 Å². The minimum Gasteiger partial charge on any atom is -0.311 e. The van der Waals surface area contributed by atoms with Gasteiger partial charge in [-0.05, 0) is 44.3 Å². The lowest BCUT2D eigenvalue weighted by Crippen LogP contribution is -2.19. The number of rotatable bonds is 8. The third-order valence-corrected chi connectivity index (χ3v) is 4.30. The molecule has 5 heteroatoms. The highest BCUT2D eigenvalue weighted by Gasteiger charge is 2.06. The molecule has 0 spiro atoms. The summed E-state index contributed by atoms with van der Waals surface area (Å²) in [4.78, 5) is 8.24. The third-order valence-electron chi connectivity index (χ3n) is 3.08. The largest absolute Gasteiger partial charge is 0.311 e. The maximum Gasteiger partial charge on any atom is 0.0931 e. The van der Waals surface area contributed by atoms with Crippen molar-refractivity contribution in [1.29, 1.82) is 0 Å². The molecule has 114 valence electrons. The van der Waals surface area contributed by atoms with Gasteiger partial charge in [0.15, 0.2) is 0 Å². The van der Waals surface area contributed by atoms with Gasteiger partial charge in [-0.3, -0.25) is 9.88 Å². The van der Waals surface area contributed by atoms with Gasteiger partial charge in [0.1, 0.15) is 0 Å². The van der Waals surface area contributed by atoms with Gasteiger partial charge in [0, 0.05) is 24.5 Å². The molecule has 0 aliphatic heterocycles. The molecule has 2 rings (SSSR count). The van der Waals surface area contributed by atoms with Crippen LogP contribution in [0.4, 0.5) is 0 Å². The van der Waals surface area contributed by atoms with Gasteiger partial charge in [-0.25, -0.2) is 0 Å². The molecule has 2 aromatic heterocycles. The van der Waals surface area contributed by atoms with E-state index in [0.29, 0.717) is 0 Å². The predicted octanol–water partition coefficient (Wildman–Crippen LogP) is 3.93. The molecular weight excluding hydrogens is 302 g/mol. The zero-order valence-corrected chi connectivity index (χ0v) is 14.2. The van der Waals surface area contributed by atoms with Crippen LogP contribution >= 0.6 is 22.9 Å². The second-order valence-corrected chi connectivity index (χ2v) is 6.97. The van der Waals surface area contributed by atoms with Crippen LogP contribution < -0.4 is 5.32 Å². The Morgan fingerprint density at radius 1 is 1.19 bits per heavy atom. The molecule has 0 saturated carbocycles. The van der Waals surface area contributed by atoms with Crippen molar-refractivity contribution in [2.45, 2.75) is 33.0 Å². The quantitative estimate of drug-likeness (QED) is 0.746. The van der Waals surface area contributed by atoms with Crippen LogP contribution in [0.25, 0.3) is 0 Å². The Hall–Kier alpha value is -0.940. The molecule has 0 aliphatic carbocycles. The van der Waals surface area contributed by atoms with Crippen molar-refractivity contribution >= 4 is 22.9 Å². The van der Waals surface area contributed by atoms with Crippen LogP contribution in [0.3, 0.4) is 0 Å². The van der Waals surface area contributed by atoms with Crippen molar-refractivity contribution in [3.8, 4) is 0 Å². The summed E-state index contributed by atoms with van der Waals surface area (Å²) in [5.74, 6) is 0. The van der Waals surface area contributed by atoms with Crippen molar-refractivity contribution < 1.29 is 0 Å². The second-order valence-electron chi connectivity index (χ2n) is 5.18. The van der Waals surface area contributed by atoms with Gasteiger partial charge < -0.3 is 5.32 Å². The molecule has 0 atom stereocenters. The molecule has 21 heavy (non-hydrogen) atoms. The van der Waals surface area contributed by atoms with Crippen molar-refractivity contribution in [3.63, 3.8) is 0 Å². The number of thiophene rings is 1. The molecule has 1 N–H and O–H groups in total. The van der Waals surface area contributed by atoms with Gasteiger partial charge in [-0.15, -0.1) is 11.3 Å². The van der Waals surface area contributed by atoms with E-state index in [1.165, 1.54) is 4.88 Å². The number of halogens is 1. The molecule has 0 fully saturated rings. The van der Waals surface area contributed by atoms with Crippen molar-refractivity contribution in [3.05, 3.63) is 50.9 Å². The Balaban J connectivity index is 1.88. The van der Waals surface area contributed by atoms with E-state index in [4.69, 9.17) is 16.6 Å². The molecule has 0 amide bonds. The summed E-state index contributed by atoms with van der Waals surface area (Å²) < 4.78 is 0.848. The Kier molecular flexibility index (Phi) is 6.64. The van der Waals surface area contributed by atoms with Crippen molar-refractivity contribution in [2.75, 3.05) is 13.6 Å². The topological polar surface area (TPSA) is 28.2 Å². The Morgan fingerprint density at radius 3 is 2.71 bits per heavy atom. The first-order valence-electron chi connectivity index (χ1n) is 7.25. The zero-order chi connectivity index (χ0) is 15.1. The third kappa shape index (κ3) is 5.75. The van der Waals surface area contributed by atoms with Gasteiger partial charge in [-0.2, -0.15) is 0 Å². The van der Waals surface area contributed by atoms with E-state index in [2.05, 4.69) is 48.5 Å². The van der Waals surface area contributed by atoms with E-state index in [1.54, 1.807) is 11.3 Å². The van der Waals surface area contributed by atoms with E-state index in [9.17, 15) is 0 Å². The number of hydrogen-bond acceptors (Lipinski definition) is 4. The number of nitrogens with zero attached hydrogens (tertiary/aromatic N) is 2. The Morgan fingerprint density at radius 2 is 2.00 bits per heavy atom. The van der Waals surface area contributed by atoms with Crippen molar-refractivity contribution in [1.82, 2.24) is 15.2 Å². The number of hydrogen-bond donors (Lipinski definition) is 1. The molecule has 0 radical (unpaired) electrons. The van der Waals surface area contributed by atoms with E-state index in [1.807, 2.05) is 6.07 Å². The van der Waals surface area contributed by atoms with E-state index < -0.39 is 0 Å². The SMILES string of the molecule is CCCNCc1cccc(CN(C)Cc2ccc(Cl)s2)n1. The summed E-state index contributed by atoms with van der Waals surface area (Å²) in [5, 5.41) is 3.39. The minimum atomic E-state index is 0.839. The number of aromatic nitrogens is 1. The first kappa shape index (κ1) is 16.4. The first-order valence-corrected chi connectivity index (χ1v) is 8.45. The van der Waals surface area contributed by atoms with Crippen LogP contribution in [-0.2, 0) is 19.6 Å². The number of pyridine rings is 1. The molecule has 0 aliphatic rings. The molecule has 0 bridgehead atoms. The normalized spacial score (nSPS) is 11.2. The summed E-state index contributed by atoms with van der Waals surface area (Å²) in [5.41, 5.74) is 2.21. The van der Waals surface area contributed by atoms with Crippen LogP contribution in [0.5, 0.6) is 0 Å². The molecule has 0 unspecified atom stereocenters. The molecule has 2 heterocycles. The van der Waals surface area contributed by atoms with Crippen LogP contribution in [0.15, 0.2) is 30.3 Å². The summed E-state index contributed by atoms with van der Waals surface area (Å²) in [7, 11) is 2.11. The van der Waals surface area contributed by atoms with Gasteiger partial charge >= 0.3 is 0 Å². The molecule has 2 aromatic rings. The molecule has 0 saturated heterocycles. The lowest BCUT2D eigenvalue weighted by molar-refractivity contribution is 0.317. The molecular formula is C16H22ClN3S. The average Bonchev–Trinajstić information content (AvgIpc) is 2.84. The predicted molar refractivity (Wildman–Crippen MR) is 90.7 cm³/mol. The molecule has 3 nitrogen and oxygen atoms in total. The number of nitrogens with one attached hydrogen (secondary N) is 1. The lowest BCUT2D eigenvalue weighted by Gasteiger charge is -2.15. The fourth-order valence-corrected chi connectivity index (χ4v) is 3.31. The highest BCUT2D eigenvalue weighted by molar-refractivity contribution is 7.16. The summed E-state index contributed by atoms with van der Waals surface area (Å²) in [6.07, 6.45) is 1.14.